The van der Waals surface area contributed by atoms with Gasteiger partial charge in [-0.3, -0.25) is 9.97 Å². The number of benzene rings is 1. The lowest BCUT2D eigenvalue weighted by Crippen LogP contribution is -2.53. The van der Waals surface area contributed by atoms with Crippen LogP contribution in [-0.4, -0.2) is 86.7 Å². The summed E-state index contributed by atoms with van der Waals surface area (Å²) in [6.07, 6.45) is -3.12. The van der Waals surface area contributed by atoms with Crippen molar-refractivity contribution >= 4 is 10.9 Å². The number of hydrogen-bond acceptors (Lipinski definition) is 8. The molecule has 2 aliphatic rings. The Labute approximate surface area is 247 Å². The zero-order chi connectivity index (χ0) is 31.4. The summed E-state index contributed by atoms with van der Waals surface area (Å²) >= 11 is 0. The normalized spacial score (nSPS) is 28.5. The molecule has 0 radical (unpaired) electrons. The topological polar surface area (TPSA) is 137 Å². The van der Waals surface area contributed by atoms with Crippen LogP contribution in [0.3, 0.4) is 0 Å². The molecule has 0 spiro atoms. The third-order valence-corrected chi connectivity index (χ3v) is 12.2. The van der Waals surface area contributed by atoms with Crippen molar-refractivity contribution < 1.29 is 42.4 Å². The van der Waals surface area contributed by atoms with Gasteiger partial charge in [-0.2, -0.15) is 0 Å². The van der Waals surface area contributed by atoms with Crippen molar-refractivity contribution in [2.75, 3.05) is 12.4 Å². The second-order valence-electron chi connectivity index (χ2n) is 11.6. The number of rotatable bonds is 6. The fraction of sp³-hybridized carbons (Fsp3) is 0.571. The highest BCUT2D eigenvalue weighted by atomic mass is 32.2. The summed E-state index contributed by atoms with van der Waals surface area (Å²) < 4.78 is 70.7. The third kappa shape index (κ3) is 5.89. The van der Waals surface area contributed by atoms with Gasteiger partial charge in [0.15, 0.2) is 17.5 Å². The van der Waals surface area contributed by atoms with Crippen LogP contribution < -0.4 is 0 Å². The van der Waals surface area contributed by atoms with Gasteiger partial charge >= 0.3 is 0 Å². The Hall–Kier alpha value is -2.72. The van der Waals surface area contributed by atoms with Gasteiger partial charge in [0.1, 0.15) is 11.7 Å². The van der Waals surface area contributed by atoms with E-state index >= 15 is 0 Å². The number of aliphatic hydroxyl groups is 4. The van der Waals surface area contributed by atoms with Crippen LogP contribution in [0.4, 0.5) is 22.0 Å². The minimum absolute atomic E-state index is 0.0330. The van der Waals surface area contributed by atoms with Gasteiger partial charge in [0.25, 0.3) is 0 Å². The molecule has 1 aliphatic carbocycles. The van der Waals surface area contributed by atoms with Crippen molar-refractivity contribution in [2.45, 2.75) is 86.7 Å². The van der Waals surface area contributed by atoms with Crippen LogP contribution in [0.1, 0.15) is 59.8 Å². The highest BCUT2D eigenvalue weighted by Crippen LogP contribution is 2.61. The van der Waals surface area contributed by atoms with Crippen LogP contribution in [0.2, 0.25) is 0 Å². The number of aryl methyl sites for hydroxylation is 3. The van der Waals surface area contributed by atoms with Gasteiger partial charge in [0, 0.05) is 29.4 Å². The molecule has 1 aromatic carbocycles. The molecule has 3 heterocycles. The molecule has 9 nitrogen and oxygen atoms in total. The summed E-state index contributed by atoms with van der Waals surface area (Å²) in [5, 5.41) is 51.5. The van der Waals surface area contributed by atoms with Crippen LogP contribution in [0.25, 0.3) is 11.3 Å². The summed E-state index contributed by atoms with van der Waals surface area (Å²) in [4.78, 5) is 9.25. The average molecular weight is 632 g/mol. The Kier molecular flexibility index (Phi) is 8.59. The summed E-state index contributed by atoms with van der Waals surface area (Å²) in [6, 6.07) is 0.315. The van der Waals surface area contributed by atoms with Gasteiger partial charge in [-0.05, 0) is 45.7 Å². The van der Waals surface area contributed by atoms with Crippen LogP contribution >= 0.6 is 10.9 Å². The number of aromatic nitrogens is 5. The molecule has 1 saturated heterocycles. The number of hydrogen-bond donors (Lipinski definition) is 5. The van der Waals surface area contributed by atoms with Gasteiger partial charge in [-0.25, -0.2) is 37.5 Å². The van der Waals surface area contributed by atoms with E-state index < -0.39 is 88.1 Å². The lowest BCUT2D eigenvalue weighted by Gasteiger charge is -2.53. The molecule has 2 fully saturated rings. The van der Waals surface area contributed by atoms with Gasteiger partial charge in [0.2, 0.25) is 5.92 Å². The maximum Gasteiger partial charge on any atom is 0.248 e. The first-order valence-electron chi connectivity index (χ1n) is 13.9. The molecule has 1 unspecified atom stereocenters. The summed E-state index contributed by atoms with van der Waals surface area (Å²) in [6.45, 7) is 4.64. The molecule has 0 amide bonds. The van der Waals surface area contributed by atoms with Crippen LogP contribution in [-0.2, 0) is 0 Å². The second-order valence-corrected chi connectivity index (χ2v) is 14.1. The van der Waals surface area contributed by atoms with Crippen molar-refractivity contribution in [3.05, 3.63) is 58.6 Å². The molecular formula is C28H34F5N5O4S. The fourth-order valence-electron chi connectivity index (χ4n) is 6.25. The average Bonchev–Trinajstić information content (AvgIpc) is 3.42. The highest BCUT2D eigenvalue weighted by Gasteiger charge is 2.54. The van der Waals surface area contributed by atoms with E-state index in [0.717, 1.165) is 16.8 Å². The minimum Gasteiger partial charge on any atom is -0.395 e. The predicted molar refractivity (Wildman–Crippen MR) is 148 cm³/mol. The Morgan fingerprint density at radius 3 is 2.19 bits per heavy atom. The zero-order valence-corrected chi connectivity index (χ0v) is 24.6. The van der Waals surface area contributed by atoms with Crippen molar-refractivity contribution in [1.82, 2.24) is 25.0 Å². The molecule has 15 heteroatoms. The minimum atomic E-state index is -2.94. The lowest BCUT2D eigenvalue weighted by atomic mass is 9.79. The van der Waals surface area contributed by atoms with Crippen molar-refractivity contribution in [1.29, 1.82) is 0 Å². The Balaban J connectivity index is 1.52. The Morgan fingerprint density at radius 2 is 1.58 bits per heavy atom. The van der Waals surface area contributed by atoms with Crippen molar-refractivity contribution in [3.63, 3.8) is 0 Å². The molecular weight excluding hydrogens is 597 g/mol. The quantitative estimate of drug-likeness (QED) is 0.159. The number of aliphatic hydroxyl groups excluding tert-OH is 3. The predicted octanol–water partition coefficient (Wildman–Crippen LogP) is 3.40. The first-order valence-corrected chi connectivity index (χ1v) is 15.5. The van der Waals surface area contributed by atoms with Crippen LogP contribution in [0.15, 0.2) is 18.3 Å². The molecule has 6 atom stereocenters. The van der Waals surface area contributed by atoms with Gasteiger partial charge in [-0.15, -0.1) is 5.10 Å². The molecule has 43 heavy (non-hydrogen) atoms. The van der Waals surface area contributed by atoms with E-state index in [1.807, 2.05) is 0 Å². The maximum atomic E-state index is 14.2. The zero-order valence-electron chi connectivity index (χ0n) is 23.7. The van der Waals surface area contributed by atoms with E-state index in [2.05, 4.69) is 15.3 Å². The second kappa shape index (κ2) is 11.7. The van der Waals surface area contributed by atoms with E-state index in [1.54, 1.807) is 20.8 Å². The van der Waals surface area contributed by atoms with E-state index in [4.69, 9.17) is 4.98 Å². The molecule has 5 rings (SSSR count). The molecule has 2 aromatic heterocycles. The van der Waals surface area contributed by atoms with E-state index in [9.17, 15) is 42.4 Å². The van der Waals surface area contributed by atoms with Crippen LogP contribution in [0.5, 0.6) is 0 Å². The smallest absolute Gasteiger partial charge is 0.248 e. The molecule has 1 aliphatic heterocycles. The number of halogens is 5. The molecule has 236 valence electrons. The standard InChI is InChI=1S/C28H34F5N5O4S/c1-13-14(2)35-23(15(3)34-13)26(27(42)4-6-28(32,33)7-5-27)43-12-20(40)24(25(41)21(43)11-39)38-10-19(36-37-38)16-8-17(29)22(31)18(30)9-16/h8-10,20-21,24-26,39-43H,4-7,11-12H2,1-3H3/t20-,21+,24-,25-,26-/m0/s1. The van der Waals surface area contributed by atoms with E-state index in [-0.39, 0.29) is 29.9 Å². The maximum absolute atomic E-state index is 14.2. The number of alkyl halides is 2. The van der Waals surface area contributed by atoms with E-state index in [1.165, 1.54) is 6.20 Å². The third-order valence-electron chi connectivity index (χ3n) is 8.71. The highest BCUT2D eigenvalue weighted by molar-refractivity contribution is 8.18. The Bertz CT molecular complexity index is 1480. The molecule has 0 bridgehead atoms. The van der Waals surface area contributed by atoms with Gasteiger partial charge < -0.3 is 20.4 Å². The summed E-state index contributed by atoms with van der Waals surface area (Å²) in [5.41, 5.74) is 0.243. The lowest BCUT2D eigenvalue weighted by molar-refractivity contribution is -0.105. The number of nitrogens with zero attached hydrogens (tertiary/aromatic N) is 5. The molecule has 4 N–H and O–H groups in total. The van der Waals surface area contributed by atoms with Gasteiger partial charge in [0.05, 0.1) is 58.6 Å². The molecule has 1 saturated carbocycles. The number of thiol groups is 1. The van der Waals surface area contributed by atoms with Crippen molar-refractivity contribution in [2.24, 2.45) is 0 Å². The van der Waals surface area contributed by atoms with Gasteiger partial charge in [-0.1, -0.05) is 5.21 Å². The first-order chi connectivity index (χ1) is 20.2. The monoisotopic (exact) mass is 631 g/mol. The molecule has 3 aromatic rings. The Morgan fingerprint density at radius 1 is 0.977 bits per heavy atom. The first kappa shape index (κ1) is 31.7. The van der Waals surface area contributed by atoms with Crippen LogP contribution in [0, 0.1) is 38.2 Å². The van der Waals surface area contributed by atoms with E-state index in [0.29, 0.717) is 22.8 Å². The summed E-state index contributed by atoms with van der Waals surface area (Å²) in [5.74, 6) is -7.48. The SMILES string of the molecule is Cc1nc(C)c([C@H]([SH]2C[C@H](O)[C@H](n3cc(-c4cc(F)c(F)c(F)c4)nn3)[C@@H](O)[C@H]2CO)C2(O)CCC(F)(F)CC2)nc1C. The largest absolute Gasteiger partial charge is 0.395 e. The fourth-order valence-corrected chi connectivity index (χ4v) is 9.97. The summed E-state index contributed by atoms with van der Waals surface area (Å²) in [7, 11) is -1.71. The van der Waals surface area contributed by atoms with Crippen molar-refractivity contribution in [3.8, 4) is 11.3 Å².